The van der Waals surface area contributed by atoms with Gasteiger partial charge in [-0.05, 0) is 23.6 Å². The van der Waals surface area contributed by atoms with Crippen molar-refractivity contribution in [1.29, 1.82) is 0 Å². The van der Waals surface area contributed by atoms with Crippen LogP contribution in [0.15, 0.2) is 54.6 Å². The zero-order valence-corrected chi connectivity index (χ0v) is 20.9. The highest BCUT2D eigenvalue weighted by Gasteiger charge is 2.42. The number of nitrogens with zero attached hydrogens (tertiary/aromatic N) is 4. The van der Waals surface area contributed by atoms with Crippen molar-refractivity contribution in [1.82, 2.24) is 31.3 Å². The van der Waals surface area contributed by atoms with Crippen LogP contribution in [0.25, 0.3) is 0 Å². The molecule has 3 aromatic rings. The summed E-state index contributed by atoms with van der Waals surface area (Å²) in [7, 11) is 0. The third kappa shape index (κ3) is 6.20. The van der Waals surface area contributed by atoms with Gasteiger partial charge in [-0.25, -0.2) is 4.79 Å². The van der Waals surface area contributed by atoms with Crippen LogP contribution >= 0.6 is 0 Å². The molecule has 0 bridgehead atoms. The number of esters is 1. The fraction of sp³-hybridized carbons (Fsp3) is 0.346. The van der Waals surface area contributed by atoms with E-state index in [4.69, 9.17) is 9.47 Å². The van der Waals surface area contributed by atoms with Crippen LogP contribution in [0.4, 0.5) is 10.5 Å². The van der Waals surface area contributed by atoms with E-state index in [1.807, 2.05) is 42.5 Å². The Morgan fingerprint density at radius 3 is 2.64 bits per heavy atom. The molecule has 2 aliphatic heterocycles. The second kappa shape index (κ2) is 11.7. The van der Waals surface area contributed by atoms with Gasteiger partial charge in [0.2, 0.25) is 11.8 Å². The van der Waals surface area contributed by atoms with Crippen LogP contribution in [0.2, 0.25) is 0 Å². The van der Waals surface area contributed by atoms with Gasteiger partial charge in [-0.15, -0.1) is 10.2 Å². The van der Waals surface area contributed by atoms with E-state index >= 15 is 0 Å². The molecule has 13 heteroatoms. The number of alkyl carbamates (subject to hydrolysis) is 1. The number of ether oxygens (including phenoxy) is 2. The van der Waals surface area contributed by atoms with Gasteiger partial charge in [0.1, 0.15) is 25.3 Å². The van der Waals surface area contributed by atoms with Gasteiger partial charge in [0.25, 0.3) is 0 Å². The third-order valence-corrected chi connectivity index (χ3v) is 6.57. The van der Waals surface area contributed by atoms with Gasteiger partial charge in [0.05, 0.1) is 12.5 Å². The lowest BCUT2D eigenvalue weighted by Crippen LogP contribution is -2.56. The average Bonchev–Trinajstić information content (AvgIpc) is 3.70. The second-order valence-electron chi connectivity index (χ2n) is 9.27. The number of amides is 3. The van der Waals surface area contributed by atoms with Crippen molar-refractivity contribution < 1.29 is 28.7 Å². The van der Waals surface area contributed by atoms with Gasteiger partial charge in [-0.2, -0.15) is 5.21 Å². The first kappa shape index (κ1) is 25.8. The molecule has 3 N–H and O–H groups in total. The van der Waals surface area contributed by atoms with E-state index in [0.717, 1.165) is 11.1 Å². The van der Waals surface area contributed by atoms with Gasteiger partial charge in [-0.3, -0.25) is 19.3 Å². The van der Waals surface area contributed by atoms with Crippen LogP contribution in [0.5, 0.6) is 0 Å². The quantitative estimate of drug-likeness (QED) is 0.337. The predicted molar refractivity (Wildman–Crippen MR) is 135 cm³/mol. The van der Waals surface area contributed by atoms with Crippen molar-refractivity contribution in [2.45, 2.75) is 50.4 Å². The first-order valence-corrected chi connectivity index (χ1v) is 12.5. The number of anilines is 1. The van der Waals surface area contributed by atoms with E-state index < -0.39 is 36.0 Å². The molecule has 13 nitrogen and oxygen atoms in total. The number of para-hydroxylation sites is 1. The molecule has 1 fully saturated rings. The molecule has 5 rings (SSSR count). The van der Waals surface area contributed by atoms with Crippen molar-refractivity contribution in [3.63, 3.8) is 0 Å². The minimum Gasteiger partial charge on any atom is -0.463 e. The molecule has 1 aromatic heterocycles. The number of tetrazole rings is 1. The molecule has 2 aromatic carbocycles. The highest BCUT2D eigenvalue weighted by Crippen LogP contribution is 2.33. The number of benzene rings is 2. The molecule has 3 heterocycles. The minimum absolute atomic E-state index is 0.0260. The predicted octanol–water partition coefficient (Wildman–Crippen LogP) is 0.817. The Kier molecular flexibility index (Phi) is 7.75. The number of H-pyrrole nitrogens is 1. The van der Waals surface area contributed by atoms with Crippen molar-refractivity contribution in [3.8, 4) is 0 Å². The molecule has 0 spiro atoms. The molecule has 2 aliphatic rings. The maximum atomic E-state index is 14.0. The van der Waals surface area contributed by atoms with Gasteiger partial charge in [-0.1, -0.05) is 53.7 Å². The van der Waals surface area contributed by atoms with Crippen LogP contribution in [0.1, 0.15) is 29.8 Å². The lowest BCUT2D eigenvalue weighted by Gasteiger charge is -2.29. The van der Waals surface area contributed by atoms with E-state index in [1.165, 1.54) is 4.90 Å². The average molecular weight is 534 g/mol. The number of aromatic amines is 1. The molecular formula is C26H27N7O6. The summed E-state index contributed by atoms with van der Waals surface area (Å²) in [6.45, 7) is 0.110. The smallest absolute Gasteiger partial charge is 0.408 e. The van der Waals surface area contributed by atoms with Crippen LogP contribution in [-0.2, 0) is 43.3 Å². The number of nitrogens with one attached hydrogen (secondary N) is 3. The highest BCUT2D eigenvalue weighted by molar-refractivity contribution is 6.06. The maximum absolute atomic E-state index is 14.0. The van der Waals surface area contributed by atoms with E-state index in [0.29, 0.717) is 11.5 Å². The van der Waals surface area contributed by atoms with Crippen LogP contribution in [0.3, 0.4) is 0 Å². The summed E-state index contributed by atoms with van der Waals surface area (Å²) < 4.78 is 10.3. The molecular weight excluding hydrogens is 506 g/mol. The summed E-state index contributed by atoms with van der Waals surface area (Å²) in [5, 5.41) is 19.2. The lowest BCUT2D eigenvalue weighted by atomic mass is 10.1. The Morgan fingerprint density at radius 2 is 1.90 bits per heavy atom. The fourth-order valence-electron chi connectivity index (χ4n) is 4.67. The second-order valence-corrected chi connectivity index (χ2v) is 9.27. The Labute approximate surface area is 223 Å². The first-order chi connectivity index (χ1) is 19.0. The molecule has 39 heavy (non-hydrogen) atoms. The molecule has 0 unspecified atom stereocenters. The number of carbonyl (C=O) groups is 4. The molecule has 0 radical (unpaired) electrons. The van der Waals surface area contributed by atoms with Crippen molar-refractivity contribution in [2.24, 2.45) is 0 Å². The van der Waals surface area contributed by atoms with Crippen molar-refractivity contribution >= 4 is 29.6 Å². The SMILES string of the molecule is O=C1C[C@H](NC(=O)[C@@H]2Cc3ccccc3N2C(=O)[C@H](CCc2nn[nH]n2)NC(=O)OCc2ccccc2)CO1. The third-order valence-electron chi connectivity index (χ3n) is 6.57. The molecule has 202 valence electrons. The summed E-state index contributed by atoms with van der Waals surface area (Å²) in [4.78, 5) is 53.0. The molecule has 0 aliphatic carbocycles. The number of hydrogen-bond donors (Lipinski definition) is 3. The Balaban J connectivity index is 1.34. The molecule has 0 saturated carbocycles. The normalized spacial score (nSPS) is 18.7. The van der Waals surface area contributed by atoms with Gasteiger partial charge in [0, 0.05) is 18.5 Å². The summed E-state index contributed by atoms with van der Waals surface area (Å²) in [5.74, 6) is -0.914. The van der Waals surface area contributed by atoms with Crippen LogP contribution in [0, 0.1) is 0 Å². The van der Waals surface area contributed by atoms with Crippen LogP contribution < -0.4 is 15.5 Å². The number of rotatable bonds is 9. The fourth-order valence-corrected chi connectivity index (χ4v) is 4.67. The topological polar surface area (TPSA) is 168 Å². The highest BCUT2D eigenvalue weighted by atomic mass is 16.5. The molecule has 1 saturated heterocycles. The lowest BCUT2D eigenvalue weighted by molar-refractivity contribution is -0.138. The number of hydrogen-bond acceptors (Lipinski definition) is 9. The monoisotopic (exact) mass is 533 g/mol. The Bertz CT molecular complexity index is 1330. The largest absolute Gasteiger partial charge is 0.463 e. The van der Waals surface area contributed by atoms with E-state index in [-0.39, 0.29) is 44.9 Å². The van der Waals surface area contributed by atoms with E-state index in [9.17, 15) is 19.2 Å². The van der Waals surface area contributed by atoms with Crippen molar-refractivity contribution in [3.05, 3.63) is 71.5 Å². The van der Waals surface area contributed by atoms with E-state index in [2.05, 4.69) is 31.3 Å². The zero-order chi connectivity index (χ0) is 27.2. The van der Waals surface area contributed by atoms with Crippen LogP contribution in [-0.4, -0.2) is 69.2 Å². The number of cyclic esters (lactones) is 1. The van der Waals surface area contributed by atoms with Gasteiger partial charge < -0.3 is 20.1 Å². The molecule has 3 atom stereocenters. The maximum Gasteiger partial charge on any atom is 0.408 e. The van der Waals surface area contributed by atoms with Gasteiger partial charge >= 0.3 is 12.1 Å². The Morgan fingerprint density at radius 1 is 1.10 bits per heavy atom. The Hall–Kier alpha value is -4.81. The van der Waals surface area contributed by atoms with Gasteiger partial charge in [0.15, 0.2) is 5.82 Å². The minimum atomic E-state index is -1.05. The number of aryl methyl sites for hydroxylation is 1. The van der Waals surface area contributed by atoms with E-state index in [1.54, 1.807) is 12.1 Å². The summed E-state index contributed by atoms with van der Waals surface area (Å²) in [6.07, 6.45) is -0.0519. The van der Waals surface area contributed by atoms with Crippen molar-refractivity contribution in [2.75, 3.05) is 11.5 Å². The number of carbonyl (C=O) groups excluding carboxylic acids is 4. The summed E-state index contributed by atoms with van der Waals surface area (Å²) in [5.41, 5.74) is 2.18. The standard InChI is InChI=1S/C26H27N7O6/c34-23-13-18(15-38-23)27-24(35)21-12-17-8-4-5-9-20(17)33(21)25(36)19(10-11-22-29-31-32-30-22)28-26(37)39-14-16-6-2-1-3-7-16/h1-9,18-19,21H,10-15H2,(H,27,35)(H,28,37)(H,29,30,31,32)/t18-,19-,21-/m0/s1. The number of fused-ring (bicyclic) bond motifs is 1. The first-order valence-electron chi connectivity index (χ1n) is 12.5. The molecule has 3 amide bonds. The summed E-state index contributed by atoms with van der Waals surface area (Å²) in [6, 6.07) is 14.0. The summed E-state index contributed by atoms with van der Waals surface area (Å²) >= 11 is 0. The number of aromatic nitrogens is 4. The zero-order valence-electron chi connectivity index (χ0n) is 20.9.